The molecule has 16 aliphatic rings. The van der Waals surface area contributed by atoms with Gasteiger partial charge in [0.15, 0.2) is 17.4 Å². The molecule has 12 bridgehead atoms. The van der Waals surface area contributed by atoms with Gasteiger partial charge in [-0.05, 0) is 80.3 Å². The van der Waals surface area contributed by atoms with Crippen LogP contribution in [0.25, 0.3) is 0 Å². The van der Waals surface area contributed by atoms with Crippen molar-refractivity contribution in [2.75, 3.05) is 6.61 Å². The highest BCUT2D eigenvalue weighted by Gasteiger charge is 2.75. The standard InChI is InChI=1S/C59H84O19/c1-26-15-32-7-9-36-27(2)16-34(64-36)11-13-56-25-59(63)55(78-56)54-53(77-59)52(76-56)51-38(69-54)10-8-33(66-51)17-46(62)71-50-31(6)49-42(67-41(50)19-39(65-32)30(26)5)20-40-44(70-49)23-58(72-40)24-45-48(75-58)29(4)22-57(74-45)21-28(3)47-43(73-57)18-35(61)37(68-47)12-14-60/h26,28-29,31-45,47-55,60-61,63H,2,5,7-25H2,1,3-4,6H3/t26-,28+,29+,31+,32+,33-,34+,35-,36+,37-,38+,39-,40-,41+,42+,43+,44-,45+,47+,48+,49+,50-,51+,52+,53+,54-,55-,56-,57-,58+,59+/m1/s1. The number of carbonyl (C=O) groups excluding carboxylic acids is 1. The Hall–Kier alpha value is -1.73. The fourth-order valence-corrected chi connectivity index (χ4v) is 18.1. The van der Waals surface area contributed by atoms with Crippen LogP contribution >= 0.6 is 0 Å². The molecule has 3 spiro atoms. The monoisotopic (exact) mass is 1100 g/mol. The van der Waals surface area contributed by atoms with E-state index in [0.717, 1.165) is 36.8 Å². The SMILES string of the molecule is C=C1C[C@@H]2CC[C@@]34C[C@]5(O)O[C@H]6[C@@H](O3)[C@H]3O[C@H](CC[C@@H]3O[C@H]6[C@H]5O4)CC(=O)O[C@@H]3[C@@H](C)[C@@H]4O[C@@H]5C[C@]6(C[C@@H]7O[C@]8(C[C@H](C)[C@@H]9O[C@H](CCO)[C@H](O)C[C@@H]9O8)C[C@H](C)[C@@H]7O6)O[C@@H]5C[C@@H]4O[C@H]3C[C@H]3O[C@@H](CC[C@@H]1O2)C[C@@H](C)C3=C. The van der Waals surface area contributed by atoms with Crippen LogP contribution in [0.15, 0.2) is 24.3 Å². The smallest absolute Gasteiger partial charge is 0.308 e. The molecule has 3 N–H and O–H groups in total. The fourth-order valence-electron chi connectivity index (χ4n) is 18.1. The average Bonchev–Trinajstić information content (AvgIpc) is 3.47. The number of hydrogen-bond donors (Lipinski definition) is 3. The molecule has 0 unspecified atom stereocenters. The Morgan fingerprint density at radius 1 is 0.538 bits per heavy atom. The van der Waals surface area contributed by atoms with Crippen LogP contribution in [0.4, 0.5) is 0 Å². The van der Waals surface area contributed by atoms with E-state index in [1.165, 1.54) is 0 Å². The summed E-state index contributed by atoms with van der Waals surface area (Å²) in [6.45, 7) is 17.7. The van der Waals surface area contributed by atoms with E-state index < -0.39 is 90.3 Å². The van der Waals surface area contributed by atoms with E-state index in [2.05, 4.69) is 40.9 Å². The van der Waals surface area contributed by atoms with E-state index in [-0.39, 0.29) is 122 Å². The first-order valence-electron chi connectivity index (χ1n) is 30.3. The third-order valence-electron chi connectivity index (χ3n) is 21.7. The molecule has 31 atom stereocenters. The second kappa shape index (κ2) is 19.4. The van der Waals surface area contributed by atoms with Crippen LogP contribution < -0.4 is 0 Å². The molecule has 16 fully saturated rings. The minimum absolute atomic E-state index is 0.0222. The summed E-state index contributed by atoms with van der Waals surface area (Å²) >= 11 is 0. The zero-order valence-electron chi connectivity index (χ0n) is 45.8. The van der Waals surface area contributed by atoms with Crippen LogP contribution in [-0.2, 0) is 75.8 Å². The van der Waals surface area contributed by atoms with Crippen LogP contribution in [-0.4, -0.2) is 191 Å². The zero-order valence-corrected chi connectivity index (χ0v) is 45.8. The molecule has 16 saturated heterocycles. The first-order chi connectivity index (χ1) is 37.4. The number of ether oxygens (including phenoxy) is 15. The maximum atomic E-state index is 14.6. The lowest BCUT2D eigenvalue weighted by molar-refractivity contribution is -0.371. The first kappa shape index (κ1) is 53.0. The predicted molar refractivity (Wildman–Crippen MR) is 269 cm³/mol. The van der Waals surface area contributed by atoms with Crippen LogP contribution in [0.3, 0.4) is 0 Å². The lowest BCUT2D eigenvalue weighted by atomic mass is 9.78. The van der Waals surface area contributed by atoms with Crippen molar-refractivity contribution in [1.29, 1.82) is 0 Å². The van der Waals surface area contributed by atoms with Gasteiger partial charge in [-0.3, -0.25) is 4.79 Å². The Morgan fingerprint density at radius 2 is 1.24 bits per heavy atom. The molecule has 0 aromatic rings. The zero-order chi connectivity index (χ0) is 53.4. The Morgan fingerprint density at radius 3 is 2.09 bits per heavy atom. The normalized spacial score (nSPS) is 59.0. The molecule has 0 saturated carbocycles. The van der Waals surface area contributed by atoms with E-state index >= 15 is 0 Å². The molecule has 16 rings (SSSR count). The molecule has 0 aliphatic carbocycles. The largest absolute Gasteiger partial charge is 0.459 e. The van der Waals surface area contributed by atoms with Gasteiger partial charge in [0.2, 0.25) is 5.79 Å². The molecule has 0 aromatic carbocycles. The van der Waals surface area contributed by atoms with E-state index in [0.29, 0.717) is 77.0 Å². The van der Waals surface area contributed by atoms with Crippen LogP contribution in [0.2, 0.25) is 0 Å². The minimum atomic E-state index is -1.54. The van der Waals surface area contributed by atoms with E-state index in [9.17, 15) is 20.1 Å². The molecule has 0 amide bonds. The highest BCUT2D eigenvalue weighted by atomic mass is 16.8. The number of aliphatic hydroxyl groups is 3. The maximum absolute atomic E-state index is 14.6. The fraction of sp³-hybridized carbons (Fsp3) is 0.915. The maximum Gasteiger partial charge on any atom is 0.308 e. The topological polar surface area (TPSA) is 216 Å². The van der Waals surface area contributed by atoms with Gasteiger partial charge in [-0.2, -0.15) is 0 Å². The van der Waals surface area contributed by atoms with E-state index in [1.807, 2.05) is 0 Å². The average molecular weight is 1100 g/mol. The summed E-state index contributed by atoms with van der Waals surface area (Å²) in [5.74, 6) is -4.62. The number of esters is 1. The molecule has 19 heteroatoms. The highest BCUT2D eigenvalue weighted by molar-refractivity contribution is 5.70. The molecule has 78 heavy (non-hydrogen) atoms. The predicted octanol–water partition coefficient (Wildman–Crippen LogP) is 4.88. The Balaban J connectivity index is 0.667. The molecular formula is C59H84O19. The number of hydrogen-bond acceptors (Lipinski definition) is 19. The third kappa shape index (κ3) is 8.85. The van der Waals surface area contributed by atoms with E-state index in [4.69, 9.17) is 71.1 Å². The van der Waals surface area contributed by atoms with Crippen molar-refractivity contribution >= 4 is 5.97 Å². The van der Waals surface area contributed by atoms with Crippen molar-refractivity contribution in [3.8, 4) is 0 Å². The van der Waals surface area contributed by atoms with Crippen LogP contribution in [0.5, 0.6) is 0 Å². The first-order valence-corrected chi connectivity index (χ1v) is 30.3. The van der Waals surface area contributed by atoms with Crippen LogP contribution in [0, 0.1) is 23.7 Å². The summed E-state index contributed by atoms with van der Waals surface area (Å²) in [7, 11) is 0. The lowest BCUT2D eigenvalue weighted by Crippen LogP contribution is -2.62. The summed E-state index contributed by atoms with van der Waals surface area (Å²) in [5.41, 5.74) is 2.09. The molecule has 0 aromatic heterocycles. The van der Waals surface area contributed by atoms with Crippen LogP contribution in [0.1, 0.15) is 143 Å². The van der Waals surface area contributed by atoms with E-state index in [1.54, 1.807) is 0 Å². The van der Waals surface area contributed by atoms with Gasteiger partial charge in [0.05, 0.1) is 117 Å². The van der Waals surface area contributed by atoms with Gasteiger partial charge >= 0.3 is 5.97 Å². The van der Waals surface area contributed by atoms with Crippen molar-refractivity contribution in [2.24, 2.45) is 23.7 Å². The molecule has 16 heterocycles. The summed E-state index contributed by atoms with van der Waals surface area (Å²) < 4.78 is 103. The summed E-state index contributed by atoms with van der Waals surface area (Å²) in [6, 6.07) is 0. The summed E-state index contributed by atoms with van der Waals surface area (Å²) in [6.07, 6.45) is 1.01. The highest BCUT2D eigenvalue weighted by Crippen LogP contribution is 2.59. The van der Waals surface area contributed by atoms with Crippen molar-refractivity contribution in [3.05, 3.63) is 24.3 Å². The van der Waals surface area contributed by atoms with Gasteiger partial charge in [-0.1, -0.05) is 40.9 Å². The Bertz CT molecular complexity index is 2340. The summed E-state index contributed by atoms with van der Waals surface area (Å²) in [4.78, 5) is 14.6. The van der Waals surface area contributed by atoms with Gasteiger partial charge in [-0.15, -0.1) is 0 Å². The molecule has 0 radical (unpaired) electrons. The van der Waals surface area contributed by atoms with Gasteiger partial charge in [-0.25, -0.2) is 0 Å². The van der Waals surface area contributed by atoms with Crippen molar-refractivity contribution in [3.63, 3.8) is 0 Å². The molecule has 434 valence electrons. The third-order valence-corrected chi connectivity index (χ3v) is 21.7. The Labute approximate surface area is 457 Å². The molecule has 16 aliphatic heterocycles. The van der Waals surface area contributed by atoms with Gasteiger partial charge < -0.3 is 86.4 Å². The van der Waals surface area contributed by atoms with Crippen molar-refractivity contribution in [2.45, 2.75) is 307 Å². The number of rotatable bonds is 2. The molecule has 19 nitrogen and oxygen atoms in total. The Kier molecular flexibility index (Phi) is 13.2. The van der Waals surface area contributed by atoms with Gasteiger partial charge in [0.1, 0.15) is 36.6 Å². The van der Waals surface area contributed by atoms with Gasteiger partial charge in [0.25, 0.3) is 0 Å². The second-order valence-corrected chi connectivity index (χ2v) is 27.2. The minimum Gasteiger partial charge on any atom is -0.459 e. The lowest BCUT2D eigenvalue weighted by Gasteiger charge is -2.54. The number of carbonyl (C=O) groups is 1. The van der Waals surface area contributed by atoms with Crippen molar-refractivity contribution in [1.82, 2.24) is 0 Å². The van der Waals surface area contributed by atoms with Crippen molar-refractivity contribution < 1.29 is 91.2 Å². The summed E-state index contributed by atoms with van der Waals surface area (Å²) in [5, 5.41) is 32.5. The van der Waals surface area contributed by atoms with Gasteiger partial charge in [0, 0.05) is 63.9 Å². The quantitative estimate of drug-likeness (QED) is 0.248. The molecular weight excluding hydrogens is 1010 g/mol. The number of aliphatic hydroxyl groups excluding tert-OH is 2. The second-order valence-electron chi connectivity index (χ2n) is 27.2. The number of fused-ring (bicyclic) bond motifs is 10.